The van der Waals surface area contributed by atoms with Gasteiger partial charge in [0, 0.05) is 17.8 Å². The largest absolute Gasteiger partial charge is 0.493 e. The molecule has 2 aromatic carbocycles. The molecule has 0 unspecified atom stereocenters. The van der Waals surface area contributed by atoms with Gasteiger partial charge in [0.25, 0.3) is 0 Å². The lowest BCUT2D eigenvalue weighted by Gasteiger charge is -2.12. The van der Waals surface area contributed by atoms with Gasteiger partial charge in [0.15, 0.2) is 16.6 Å². The number of rotatable bonds is 7. The Kier molecular flexibility index (Phi) is 6.59. The standard InChI is InChI=1S/C18H21N3O3S/c1-23-15-8-3-12(11-16(15)24-2)9-10-20-18(25)21-14-6-4-13(5-7-14)17(19)22/h3-8,11H,9-10H2,1-2H3,(H2,19,22)(H2,20,21,25). The first kappa shape index (κ1) is 18.5. The van der Waals surface area contributed by atoms with Gasteiger partial charge in [-0.05, 0) is 60.6 Å². The quantitative estimate of drug-likeness (QED) is 0.658. The third-order valence-electron chi connectivity index (χ3n) is 3.57. The van der Waals surface area contributed by atoms with Crippen molar-refractivity contribution in [1.82, 2.24) is 5.32 Å². The number of ether oxygens (including phenoxy) is 2. The third kappa shape index (κ3) is 5.36. The second-order valence-corrected chi connectivity index (χ2v) is 5.67. The van der Waals surface area contributed by atoms with E-state index in [1.165, 1.54) is 0 Å². The van der Waals surface area contributed by atoms with E-state index in [1.807, 2.05) is 18.2 Å². The number of nitrogens with two attached hydrogens (primary N) is 1. The summed E-state index contributed by atoms with van der Waals surface area (Å²) in [6.45, 7) is 0.667. The van der Waals surface area contributed by atoms with Crippen LogP contribution in [-0.4, -0.2) is 31.8 Å². The van der Waals surface area contributed by atoms with Crippen molar-refractivity contribution in [2.75, 3.05) is 26.1 Å². The molecule has 0 atom stereocenters. The van der Waals surface area contributed by atoms with E-state index in [0.717, 1.165) is 17.7 Å². The van der Waals surface area contributed by atoms with E-state index in [-0.39, 0.29) is 0 Å². The average molecular weight is 359 g/mol. The summed E-state index contributed by atoms with van der Waals surface area (Å²) < 4.78 is 10.5. The number of amides is 1. The maximum absolute atomic E-state index is 11.0. The maximum atomic E-state index is 11.0. The molecule has 0 spiro atoms. The number of thiocarbonyl (C=S) groups is 1. The highest BCUT2D eigenvalue weighted by Crippen LogP contribution is 2.27. The molecule has 0 aliphatic rings. The third-order valence-corrected chi connectivity index (χ3v) is 3.82. The topological polar surface area (TPSA) is 85.6 Å². The Hall–Kier alpha value is -2.80. The number of carbonyl (C=O) groups is 1. The molecule has 6 nitrogen and oxygen atoms in total. The summed E-state index contributed by atoms with van der Waals surface area (Å²) >= 11 is 5.27. The van der Waals surface area contributed by atoms with Crippen molar-refractivity contribution in [1.29, 1.82) is 0 Å². The van der Waals surface area contributed by atoms with Crippen LogP contribution in [-0.2, 0) is 6.42 Å². The van der Waals surface area contributed by atoms with Crippen molar-refractivity contribution in [3.05, 3.63) is 53.6 Å². The second kappa shape index (κ2) is 8.89. The Bertz CT molecular complexity index is 748. The average Bonchev–Trinajstić information content (AvgIpc) is 2.62. The van der Waals surface area contributed by atoms with Gasteiger partial charge in [0.05, 0.1) is 14.2 Å². The number of methoxy groups -OCH3 is 2. The predicted octanol–water partition coefficient (Wildman–Crippen LogP) is 2.33. The Labute approximate surface area is 152 Å². The second-order valence-electron chi connectivity index (χ2n) is 5.26. The summed E-state index contributed by atoms with van der Waals surface area (Å²) in [5.74, 6) is 0.952. The molecule has 0 heterocycles. The summed E-state index contributed by atoms with van der Waals surface area (Å²) in [5.41, 5.74) is 7.56. The number of benzene rings is 2. The van der Waals surface area contributed by atoms with E-state index in [2.05, 4.69) is 10.6 Å². The SMILES string of the molecule is COc1ccc(CCNC(=S)Nc2ccc(C(N)=O)cc2)cc1OC. The molecule has 0 saturated carbocycles. The van der Waals surface area contributed by atoms with Gasteiger partial charge in [0.2, 0.25) is 5.91 Å². The molecule has 0 aliphatic carbocycles. The van der Waals surface area contributed by atoms with Crippen LogP contribution in [0.25, 0.3) is 0 Å². The van der Waals surface area contributed by atoms with Gasteiger partial charge in [-0.2, -0.15) is 0 Å². The fourth-order valence-corrected chi connectivity index (χ4v) is 2.47. The van der Waals surface area contributed by atoms with Crippen LogP contribution in [0.5, 0.6) is 11.5 Å². The molecule has 132 valence electrons. The summed E-state index contributed by atoms with van der Waals surface area (Å²) in [6.07, 6.45) is 0.781. The molecule has 0 saturated heterocycles. The van der Waals surface area contributed by atoms with Gasteiger partial charge in [-0.1, -0.05) is 6.07 Å². The number of nitrogens with one attached hydrogen (secondary N) is 2. The van der Waals surface area contributed by atoms with Crippen molar-refractivity contribution in [2.24, 2.45) is 5.73 Å². The Morgan fingerprint density at radius 2 is 1.76 bits per heavy atom. The van der Waals surface area contributed by atoms with Gasteiger partial charge in [-0.15, -0.1) is 0 Å². The Morgan fingerprint density at radius 3 is 2.36 bits per heavy atom. The first-order valence-electron chi connectivity index (χ1n) is 7.69. The molecular formula is C18H21N3O3S. The predicted molar refractivity (Wildman–Crippen MR) is 102 cm³/mol. The van der Waals surface area contributed by atoms with E-state index in [0.29, 0.717) is 28.7 Å². The lowest BCUT2D eigenvalue weighted by atomic mass is 10.1. The highest BCUT2D eigenvalue weighted by atomic mass is 32.1. The zero-order chi connectivity index (χ0) is 18.2. The van der Waals surface area contributed by atoms with Crippen LogP contribution in [0, 0.1) is 0 Å². The molecule has 7 heteroatoms. The molecule has 2 rings (SSSR count). The van der Waals surface area contributed by atoms with E-state index in [4.69, 9.17) is 27.4 Å². The molecular weight excluding hydrogens is 338 g/mol. The van der Waals surface area contributed by atoms with Crippen LogP contribution in [0.1, 0.15) is 15.9 Å². The number of hydrogen-bond acceptors (Lipinski definition) is 4. The van der Waals surface area contributed by atoms with Crippen molar-refractivity contribution < 1.29 is 14.3 Å². The van der Waals surface area contributed by atoms with Crippen molar-refractivity contribution >= 4 is 28.9 Å². The van der Waals surface area contributed by atoms with E-state index in [9.17, 15) is 4.79 Å². The molecule has 1 amide bonds. The summed E-state index contributed by atoms with van der Waals surface area (Å²) in [7, 11) is 3.22. The van der Waals surface area contributed by atoms with Crippen LogP contribution in [0.4, 0.5) is 5.69 Å². The minimum atomic E-state index is -0.456. The van der Waals surface area contributed by atoms with Crippen LogP contribution < -0.4 is 25.8 Å². The Morgan fingerprint density at radius 1 is 1.08 bits per heavy atom. The van der Waals surface area contributed by atoms with Crippen LogP contribution in [0.2, 0.25) is 0 Å². The number of primary amides is 1. The first-order valence-corrected chi connectivity index (χ1v) is 8.10. The number of anilines is 1. The highest BCUT2D eigenvalue weighted by Gasteiger charge is 2.05. The smallest absolute Gasteiger partial charge is 0.248 e. The van der Waals surface area contributed by atoms with Crippen LogP contribution in [0.15, 0.2) is 42.5 Å². The van der Waals surface area contributed by atoms with Gasteiger partial charge in [-0.25, -0.2) is 0 Å². The minimum absolute atomic E-state index is 0.456. The first-order chi connectivity index (χ1) is 12.0. The highest BCUT2D eigenvalue weighted by molar-refractivity contribution is 7.80. The lowest BCUT2D eigenvalue weighted by Crippen LogP contribution is -2.30. The normalized spacial score (nSPS) is 10.0. The van der Waals surface area contributed by atoms with Crippen LogP contribution in [0.3, 0.4) is 0 Å². The van der Waals surface area contributed by atoms with Crippen LogP contribution >= 0.6 is 12.2 Å². The van der Waals surface area contributed by atoms with Gasteiger partial charge in [-0.3, -0.25) is 4.79 Å². The van der Waals surface area contributed by atoms with Crippen molar-refractivity contribution in [3.8, 4) is 11.5 Å². The molecule has 4 N–H and O–H groups in total. The number of hydrogen-bond donors (Lipinski definition) is 3. The molecule has 0 radical (unpaired) electrons. The fourth-order valence-electron chi connectivity index (χ4n) is 2.25. The summed E-state index contributed by atoms with van der Waals surface area (Å²) in [4.78, 5) is 11.0. The monoisotopic (exact) mass is 359 g/mol. The van der Waals surface area contributed by atoms with Gasteiger partial charge >= 0.3 is 0 Å². The number of carbonyl (C=O) groups excluding carboxylic acids is 1. The van der Waals surface area contributed by atoms with E-state index < -0.39 is 5.91 Å². The van der Waals surface area contributed by atoms with E-state index in [1.54, 1.807) is 38.5 Å². The maximum Gasteiger partial charge on any atom is 0.248 e. The summed E-state index contributed by atoms with van der Waals surface area (Å²) in [5, 5.41) is 6.71. The molecule has 2 aromatic rings. The molecule has 0 bridgehead atoms. The van der Waals surface area contributed by atoms with Gasteiger partial charge in [0.1, 0.15) is 0 Å². The Balaban J connectivity index is 1.83. The zero-order valence-electron chi connectivity index (χ0n) is 14.2. The lowest BCUT2D eigenvalue weighted by molar-refractivity contribution is 0.100. The van der Waals surface area contributed by atoms with Crippen molar-refractivity contribution in [3.63, 3.8) is 0 Å². The molecule has 0 fully saturated rings. The zero-order valence-corrected chi connectivity index (χ0v) is 15.0. The fraction of sp³-hybridized carbons (Fsp3) is 0.222. The van der Waals surface area contributed by atoms with Gasteiger partial charge < -0.3 is 25.8 Å². The molecule has 0 aromatic heterocycles. The van der Waals surface area contributed by atoms with E-state index >= 15 is 0 Å². The molecule has 0 aliphatic heterocycles. The van der Waals surface area contributed by atoms with Crippen molar-refractivity contribution in [2.45, 2.75) is 6.42 Å². The molecule has 25 heavy (non-hydrogen) atoms. The summed E-state index contributed by atoms with van der Waals surface area (Å²) in [6, 6.07) is 12.6. The minimum Gasteiger partial charge on any atom is -0.493 e.